The van der Waals surface area contributed by atoms with Gasteiger partial charge in [-0.2, -0.15) is 0 Å². The van der Waals surface area contributed by atoms with Gasteiger partial charge in [-0.3, -0.25) is 4.98 Å². The van der Waals surface area contributed by atoms with Crippen molar-refractivity contribution >= 4 is 22.8 Å². The number of rotatable bonds is 4. The van der Waals surface area contributed by atoms with Gasteiger partial charge in [-0.25, -0.2) is 9.97 Å². The zero-order chi connectivity index (χ0) is 13.9. The average Bonchev–Trinajstić information content (AvgIpc) is 2.83. The number of aromatic nitrogens is 4. The number of aliphatic hydroxyl groups excluding tert-OH is 1. The number of fused-ring (bicyclic) bond motifs is 1. The molecule has 0 fully saturated rings. The minimum absolute atomic E-state index is 0.125. The third-order valence-electron chi connectivity index (χ3n) is 3.01. The summed E-state index contributed by atoms with van der Waals surface area (Å²) in [7, 11) is 0. The quantitative estimate of drug-likeness (QED) is 0.801. The molecule has 0 spiro atoms. The van der Waals surface area contributed by atoms with Crippen LogP contribution in [0.1, 0.15) is 6.42 Å². The fraction of sp³-hybridized carbons (Fsp3) is 0.214. The van der Waals surface area contributed by atoms with Crippen LogP contribution in [0.2, 0.25) is 5.02 Å². The maximum atomic E-state index is 9.06. The molecule has 0 saturated heterocycles. The van der Waals surface area contributed by atoms with Gasteiger partial charge < -0.3 is 9.67 Å². The fourth-order valence-corrected chi connectivity index (χ4v) is 2.29. The lowest BCUT2D eigenvalue weighted by Gasteiger charge is -2.07. The van der Waals surface area contributed by atoms with Crippen LogP contribution in [0.25, 0.3) is 22.6 Å². The predicted molar refractivity (Wildman–Crippen MR) is 77.5 cm³/mol. The average molecular weight is 289 g/mol. The zero-order valence-electron chi connectivity index (χ0n) is 10.7. The maximum Gasteiger partial charge on any atom is 0.160 e. The highest BCUT2D eigenvalue weighted by Gasteiger charge is 2.13. The molecule has 3 aromatic rings. The first kappa shape index (κ1) is 13.0. The van der Waals surface area contributed by atoms with E-state index in [4.69, 9.17) is 16.7 Å². The second kappa shape index (κ2) is 5.56. The van der Waals surface area contributed by atoms with Crippen molar-refractivity contribution in [1.82, 2.24) is 19.5 Å². The first-order valence-corrected chi connectivity index (χ1v) is 6.70. The Morgan fingerprint density at radius 2 is 2.20 bits per heavy atom. The lowest BCUT2D eigenvalue weighted by atomic mass is 10.2. The Labute approximate surface area is 120 Å². The molecule has 1 N–H and O–H groups in total. The van der Waals surface area contributed by atoms with E-state index in [1.54, 1.807) is 24.7 Å². The normalized spacial score (nSPS) is 11.1. The van der Waals surface area contributed by atoms with E-state index in [9.17, 15) is 0 Å². The van der Waals surface area contributed by atoms with Crippen LogP contribution in [0.15, 0.2) is 36.8 Å². The lowest BCUT2D eigenvalue weighted by Crippen LogP contribution is -2.03. The molecule has 6 heteroatoms. The molecule has 102 valence electrons. The van der Waals surface area contributed by atoms with Crippen LogP contribution in [0.5, 0.6) is 0 Å². The van der Waals surface area contributed by atoms with E-state index < -0.39 is 0 Å². The Balaban J connectivity index is 2.19. The Morgan fingerprint density at radius 1 is 1.30 bits per heavy atom. The molecule has 5 nitrogen and oxygen atoms in total. The van der Waals surface area contributed by atoms with Crippen molar-refractivity contribution in [3.63, 3.8) is 0 Å². The first-order chi connectivity index (χ1) is 9.79. The van der Waals surface area contributed by atoms with Gasteiger partial charge in [0.25, 0.3) is 0 Å². The van der Waals surface area contributed by atoms with Crippen molar-refractivity contribution in [2.24, 2.45) is 0 Å². The van der Waals surface area contributed by atoms with Crippen molar-refractivity contribution < 1.29 is 5.11 Å². The summed E-state index contributed by atoms with van der Waals surface area (Å²) in [5, 5.41) is 9.61. The van der Waals surface area contributed by atoms with Crippen molar-refractivity contribution in [3.05, 3.63) is 41.8 Å². The molecule has 3 heterocycles. The monoisotopic (exact) mass is 288 g/mol. The summed E-state index contributed by atoms with van der Waals surface area (Å²) >= 11 is 5.97. The Hall–Kier alpha value is -1.98. The number of hydrogen-bond donors (Lipinski definition) is 1. The second-order valence-electron chi connectivity index (χ2n) is 4.40. The van der Waals surface area contributed by atoms with Crippen molar-refractivity contribution in [2.45, 2.75) is 13.0 Å². The third kappa shape index (κ3) is 2.37. The summed E-state index contributed by atoms with van der Waals surface area (Å²) in [6, 6.07) is 5.61. The smallest absolute Gasteiger partial charge is 0.160 e. The van der Waals surface area contributed by atoms with E-state index in [0.29, 0.717) is 18.0 Å². The highest BCUT2D eigenvalue weighted by molar-refractivity contribution is 6.31. The molecule has 0 aliphatic heterocycles. The maximum absolute atomic E-state index is 9.06. The summed E-state index contributed by atoms with van der Waals surface area (Å²) in [4.78, 5) is 13.1. The van der Waals surface area contributed by atoms with Crippen molar-refractivity contribution in [1.29, 1.82) is 0 Å². The molecule has 0 aromatic carbocycles. The molecule has 3 aromatic heterocycles. The van der Waals surface area contributed by atoms with Crippen molar-refractivity contribution in [3.8, 4) is 11.4 Å². The molecule has 20 heavy (non-hydrogen) atoms. The molecular formula is C14H13ClN4O. The van der Waals surface area contributed by atoms with E-state index in [0.717, 1.165) is 22.6 Å². The molecule has 0 aliphatic carbocycles. The van der Waals surface area contributed by atoms with Crippen LogP contribution >= 0.6 is 11.6 Å². The molecule has 3 rings (SSSR count). The van der Waals surface area contributed by atoms with Crippen LogP contribution in [-0.4, -0.2) is 31.2 Å². The van der Waals surface area contributed by atoms with Gasteiger partial charge in [-0.15, -0.1) is 0 Å². The van der Waals surface area contributed by atoms with Crippen LogP contribution in [0, 0.1) is 0 Å². The van der Waals surface area contributed by atoms with Gasteiger partial charge in [-0.05, 0) is 24.6 Å². The Morgan fingerprint density at radius 3 is 2.95 bits per heavy atom. The standard InChI is InChI=1S/C14H13ClN4O/c15-11-7-12-14(17-9-11)19(5-2-6-20)13(18-12)10-3-1-4-16-8-10/h1,3-4,7-9,20H,2,5-6H2. The van der Waals surface area contributed by atoms with Gasteiger partial charge in [0.05, 0.1) is 5.02 Å². The fourth-order valence-electron chi connectivity index (χ4n) is 2.14. The number of halogens is 1. The van der Waals surface area contributed by atoms with Gasteiger partial charge >= 0.3 is 0 Å². The highest BCUT2D eigenvalue weighted by Crippen LogP contribution is 2.24. The van der Waals surface area contributed by atoms with Gasteiger partial charge in [-0.1, -0.05) is 11.6 Å². The summed E-state index contributed by atoms with van der Waals surface area (Å²) in [5.41, 5.74) is 2.43. The van der Waals surface area contributed by atoms with Gasteiger partial charge in [0.15, 0.2) is 5.65 Å². The Bertz CT molecular complexity index is 727. The van der Waals surface area contributed by atoms with Gasteiger partial charge in [0.1, 0.15) is 11.3 Å². The number of aliphatic hydroxyl groups is 1. The van der Waals surface area contributed by atoms with Crippen LogP contribution in [0.3, 0.4) is 0 Å². The topological polar surface area (TPSA) is 63.8 Å². The highest BCUT2D eigenvalue weighted by atomic mass is 35.5. The second-order valence-corrected chi connectivity index (χ2v) is 4.84. The molecule has 0 amide bonds. The SMILES string of the molecule is OCCCn1c(-c2cccnc2)nc2cc(Cl)cnc21. The number of pyridine rings is 2. The summed E-state index contributed by atoms with van der Waals surface area (Å²) in [6.45, 7) is 0.769. The minimum atomic E-state index is 0.125. The van der Waals surface area contributed by atoms with E-state index in [1.165, 1.54) is 0 Å². The minimum Gasteiger partial charge on any atom is -0.396 e. The van der Waals surface area contributed by atoms with Crippen LogP contribution in [0.4, 0.5) is 0 Å². The predicted octanol–water partition coefficient (Wildman–Crippen LogP) is 2.53. The summed E-state index contributed by atoms with van der Waals surface area (Å²) in [5.74, 6) is 0.788. The lowest BCUT2D eigenvalue weighted by molar-refractivity contribution is 0.280. The summed E-state index contributed by atoms with van der Waals surface area (Å²) in [6.07, 6.45) is 5.73. The Kier molecular flexibility index (Phi) is 3.62. The molecule has 0 aliphatic rings. The van der Waals surface area contributed by atoms with E-state index in [2.05, 4.69) is 15.0 Å². The first-order valence-electron chi connectivity index (χ1n) is 6.32. The number of imidazole rings is 1. The van der Waals surface area contributed by atoms with Crippen molar-refractivity contribution in [2.75, 3.05) is 6.61 Å². The molecule has 0 bridgehead atoms. The van der Waals surface area contributed by atoms with E-state index >= 15 is 0 Å². The molecular weight excluding hydrogens is 276 g/mol. The van der Waals surface area contributed by atoms with Crippen LogP contribution < -0.4 is 0 Å². The zero-order valence-corrected chi connectivity index (χ0v) is 11.5. The van der Waals surface area contributed by atoms with Gasteiger partial charge in [0.2, 0.25) is 0 Å². The molecule has 0 unspecified atom stereocenters. The number of nitrogens with zero attached hydrogens (tertiary/aromatic N) is 4. The molecule has 0 radical (unpaired) electrons. The molecule has 0 atom stereocenters. The van der Waals surface area contributed by atoms with Crippen LogP contribution in [-0.2, 0) is 6.54 Å². The number of hydrogen-bond acceptors (Lipinski definition) is 4. The largest absolute Gasteiger partial charge is 0.396 e. The van der Waals surface area contributed by atoms with E-state index in [-0.39, 0.29) is 6.61 Å². The molecule has 0 saturated carbocycles. The van der Waals surface area contributed by atoms with E-state index in [1.807, 2.05) is 16.7 Å². The third-order valence-corrected chi connectivity index (χ3v) is 3.22. The van der Waals surface area contributed by atoms with Gasteiger partial charge in [0, 0.05) is 37.3 Å². The summed E-state index contributed by atoms with van der Waals surface area (Å²) < 4.78 is 1.99. The number of aryl methyl sites for hydroxylation is 1.